The van der Waals surface area contributed by atoms with Gasteiger partial charge < -0.3 is 10.2 Å². The first kappa shape index (κ1) is 21.8. The molecule has 32 heavy (non-hydrogen) atoms. The Morgan fingerprint density at radius 1 is 1.06 bits per heavy atom. The largest absolute Gasteiger partial charge is 0.359 e. The Morgan fingerprint density at radius 2 is 1.84 bits per heavy atom. The van der Waals surface area contributed by atoms with Crippen LogP contribution in [0.15, 0.2) is 73.1 Å². The first-order chi connectivity index (χ1) is 15.5. The molecule has 1 atom stereocenters. The third-order valence-corrected chi connectivity index (χ3v) is 6.30. The highest BCUT2D eigenvalue weighted by atomic mass is 16.2. The van der Waals surface area contributed by atoms with Crippen molar-refractivity contribution in [3.63, 3.8) is 0 Å². The predicted molar refractivity (Wildman–Crippen MR) is 126 cm³/mol. The minimum Gasteiger partial charge on any atom is -0.359 e. The van der Waals surface area contributed by atoms with Crippen LogP contribution in [0.25, 0.3) is 11.1 Å². The standard InChI is InChI=1S/C27H29N3O2/c1-20-7-3-9-22(15-20)23-10-4-8-21(16-23)17-27(26(32)28-2)12-6-14-30(19-27)25(31)24-11-5-13-29-18-24/h3-5,7-11,13,15-16,18H,6,12,14,17,19H2,1-2H3,(H,28,32). The number of pyridine rings is 1. The van der Waals surface area contributed by atoms with Crippen LogP contribution in [0.2, 0.25) is 0 Å². The number of aryl methyl sites for hydroxylation is 1. The fourth-order valence-corrected chi connectivity index (χ4v) is 4.73. The summed E-state index contributed by atoms with van der Waals surface area (Å²) in [6.45, 7) is 3.13. The molecule has 1 unspecified atom stereocenters. The van der Waals surface area contributed by atoms with Crippen LogP contribution in [-0.2, 0) is 11.2 Å². The van der Waals surface area contributed by atoms with Gasteiger partial charge in [-0.1, -0.05) is 54.1 Å². The third-order valence-electron chi connectivity index (χ3n) is 6.30. The summed E-state index contributed by atoms with van der Waals surface area (Å²) in [5.41, 5.74) is 4.52. The van der Waals surface area contributed by atoms with E-state index in [1.54, 1.807) is 36.5 Å². The number of carbonyl (C=O) groups excluding carboxylic acids is 2. The van der Waals surface area contributed by atoms with Crippen molar-refractivity contribution in [1.82, 2.24) is 15.2 Å². The summed E-state index contributed by atoms with van der Waals surface area (Å²) in [4.78, 5) is 32.1. The first-order valence-electron chi connectivity index (χ1n) is 11.1. The third kappa shape index (κ3) is 4.57. The van der Waals surface area contributed by atoms with E-state index in [1.165, 1.54) is 5.56 Å². The van der Waals surface area contributed by atoms with Crippen molar-refractivity contribution in [3.8, 4) is 11.1 Å². The average Bonchev–Trinajstić information content (AvgIpc) is 2.84. The van der Waals surface area contributed by atoms with Crippen LogP contribution in [0, 0.1) is 12.3 Å². The monoisotopic (exact) mass is 427 g/mol. The van der Waals surface area contributed by atoms with Gasteiger partial charge in [0.15, 0.2) is 0 Å². The molecule has 5 nitrogen and oxygen atoms in total. The Hall–Kier alpha value is -3.47. The average molecular weight is 428 g/mol. The maximum Gasteiger partial charge on any atom is 0.255 e. The van der Waals surface area contributed by atoms with Crippen LogP contribution in [0.5, 0.6) is 0 Å². The molecule has 1 N–H and O–H groups in total. The second-order valence-corrected chi connectivity index (χ2v) is 8.68. The number of aromatic nitrogens is 1. The molecular weight excluding hydrogens is 398 g/mol. The van der Waals surface area contributed by atoms with Gasteiger partial charge in [-0.3, -0.25) is 14.6 Å². The molecule has 0 bridgehead atoms. The molecule has 0 aliphatic carbocycles. The number of rotatable bonds is 5. The van der Waals surface area contributed by atoms with Gasteiger partial charge in [0.05, 0.1) is 11.0 Å². The van der Waals surface area contributed by atoms with Crippen molar-refractivity contribution in [3.05, 3.63) is 89.7 Å². The van der Waals surface area contributed by atoms with Crippen LogP contribution in [0.1, 0.15) is 34.3 Å². The number of carbonyl (C=O) groups is 2. The van der Waals surface area contributed by atoms with Gasteiger partial charge in [0.25, 0.3) is 5.91 Å². The molecular formula is C27H29N3O2. The van der Waals surface area contributed by atoms with Crippen LogP contribution >= 0.6 is 0 Å². The van der Waals surface area contributed by atoms with Crippen molar-refractivity contribution >= 4 is 11.8 Å². The minimum absolute atomic E-state index is 0.0119. The van der Waals surface area contributed by atoms with Gasteiger partial charge in [-0.15, -0.1) is 0 Å². The molecule has 5 heteroatoms. The molecule has 2 amide bonds. The maximum atomic E-state index is 13.1. The van der Waals surface area contributed by atoms with E-state index in [4.69, 9.17) is 0 Å². The summed E-state index contributed by atoms with van der Waals surface area (Å²) >= 11 is 0. The van der Waals surface area contributed by atoms with Gasteiger partial charge in [-0.2, -0.15) is 0 Å². The van der Waals surface area contributed by atoms with Crippen molar-refractivity contribution in [1.29, 1.82) is 0 Å². The SMILES string of the molecule is CNC(=O)C1(Cc2cccc(-c3cccc(C)c3)c2)CCCN(C(=O)c2cccnc2)C1. The fraction of sp³-hybridized carbons (Fsp3) is 0.296. The summed E-state index contributed by atoms with van der Waals surface area (Å²) in [6, 6.07) is 20.4. The Morgan fingerprint density at radius 3 is 2.56 bits per heavy atom. The van der Waals surface area contributed by atoms with Gasteiger partial charge in [0, 0.05) is 32.5 Å². The van der Waals surface area contributed by atoms with E-state index in [2.05, 4.69) is 59.7 Å². The predicted octanol–water partition coefficient (Wildman–Crippen LogP) is 4.27. The molecule has 0 radical (unpaired) electrons. The molecule has 1 fully saturated rings. The second kappa shape index (κ2) is 9.35. The molecule has 1 saturated heterocycles. The zero-order valence-corrected chi connectivity index (χ0v) is 18.7. The summed E-state index contributed by atoms with van der Waals surface area (Å²) < 4.78 is 0. The summed E-state index contributed by atoms with van der Waals surface area (Å²) in [6.07, 6.45) is 5.37. The van der Waals surface area contributed by atoms with Crippen molar-refractivity contribution in [2.45, 2.75) is 26.2 Å². The molecule has 1 aliphatic heterocycles. The van der Waals surface area contributed by atoms with E-state index in [-0.39, 0.29) is 11.8 Å². The lowest BCUT2D eigenvalue weighted by Gasteiger charge is -2.41. The molecule has 1 aliphatic rings. The Bertz CT molecular complexity index is 1110. The van der Waals surface area contributed by atoms with Crippen molar-refractivity contribution in [2.75, 3.05) is 20.1 Å². The number of amides is 2. The Labute approximate surface area is 189 Å². The lowest BCUT2D eigenvalue weighted by Crippen LogP contribution is -2.54. The lowest BCUT2D eigenvalue weighted by atomic mass is 9.74. The topological polar surface area (TPSA) is 62.3 Å². The van der Waals surface area contributed by atoms with E-state index >= 15 is 0 Å². The molecule has 164 valence electrons. The molecule has 4 rings (SSSR count). The quantitative estimate of drug-likeness (QED) is 0.662. The summed E-state index contributed by atoms with van der Waals surface area (Å²) in [5, 5.41) is 2.86. The van der Waals surface area contributed by atoms with E-state index in [9.17, 15) is 9.59 Å². The lowest BCUT2D eigenvalue weighted by molar-refractivity contribution is -0.133. The van der Waals surface area contributed by atoms with Gasteiger partial charge >= 0.3 is 0 Å². The van der Waals surface area contributed by atoms with Crippen molar-refractivity contribution < 1.29 is 9.59 Å². The van der Waals surface area contributed by atoms with Crippen LogP contribution in [0.3, 0.4) is 0 Å². The van der Waals surface area contributed by atoms with E-state index in [1.807, 2.05) is 6.07 Å². The second-order valence-electron chi connectivity index (χ2n) is 8.68. The number of benzene rings is 2. The molecule has 3 aromatic rings. The zero-order chi connectivity index (χ0) is 22.6. The fourth-order valence-electron chi connectivity index (χ4n) is 4.73. The molecule has 1 aromatic heterocycles. The van der Waals surface area contributed by atoms with Gasteiger partial charge in [-0.25, -0.2) is 0 Å². The maximum absolute atomic E-state index is 13.1. The smallest absolute Gasteiger partial charge is 0.255 e. The van der Waals surface area contributed by atoms with E-state index < -0.39 is 5.41 Å². The number of nitrogens with zero attached hydrogens (tertiary/aromatic N) is 2. The molecule has 2 heterocycles. The van der Waals surface area contributed by atoms with Gasteiger partial charge in [0.2, 0.25) is 5.91 Å². The van der Waals surface area contributed by atoms with Gasteiger partial charge in [-0.05, 0) is 55.0 Å². The summed E-state index contributed by atoms with van der Waals surface area (Å²) in [7, 11) is 1.68. The molecule has 2 aromatic carbocycles. The molecule has 0 spiro atoms. The highest BCUT2D eigenvalue weighted by Crippen LogP contribution is 2.35. The van der Waals surface area contributed by atoms with E-state index in [0.29, 0.717) is 25.1 Å². The first-order valence-corrected chi connectivity index (χ1v) is 11.1. The number of nitrogens with one attached hydrogen (secondary N) is 1. The number of piperidine rings is 1. The number of hydrogen-bond donors (Lipinski definition) is 1. The highest BCUT2D eigenvalue weighted by Gasteiger charge is 2.43. The highest BCUT2D eigenvalue weighted by molar-refractivity contribution is 5.94. The Kier molecular flexibility index (Phi) is 6.35. The van der Waals surface area contributed by atoms with Crippen LogP contribution < -0.4 is 5.32 Å². The van der Waals surface area contributed by atoms with E-state index in [0.717, 1.165) is 29.5 Å². The minimum atomic E-state index is -0.657. The number of likely N-dealkylation sites (tertiary alicyclic amines) is 1. The van der Waals surface area contributed by atoms with Crippen molar-refractivity contribution in [2.24, 2.45) is 5.41 Å². The molecule has 0 saturated carbocycles. The normalized spacial score (nSPS) is 18.2. The van der Waals surface area contributed by atoms with Crippen LogP contribution in [0.4, 0.5) is 0 Å². The van der Waals surface area contributed by atoms with Gasteiger partial charge in [0.1, 0.15) is 0 Å². The number of hydrogen-bond acceptors (Lipinski definition) is 3. The Balaban J connectivity index is 1.62. The summed E-state index contributed by atoms with van der Waals surface area (Å²) in [5.74, 6) is -0.0817. The zero-order valence-electron chi connectivity index (χ0n) is 18.7. The van der Waals surface area contributed by atoms with Crippen LogP contribution in [-0.4, -0.2) is 41.8 Å².